The number of piperidine rings is 1. The van der Waals surface area contributed by atoms with Crippen LogP contribution in [0.25, 0.3) is 5.57 Å². The van der Waals surface area contributed by atoms with Crippen LogP contribution < -0.4 is 5.32 Å². The molecule has 2 aliphatic rings. The lowest BCUT2D eigenvalue weighted by Crippen LogP contribution is -2.48. The Morgan fingerprint density at radius 1 is 1.29 bits per heavy atom. The highest BCUT2D eigenvalue weighted by Crippen LogP contribution is 2.42. The fourth-order valence-electron chi connectivity index (χ4n) is 3.88. The third-order valence-electron chi connectivity index (χ3n) is 4.99. The Bertz CT molecular complexity index is 549. The minimum absolute atomic E-state index is 0.0653. The van der Waals surface area contributed by atoms with Crippen LogP contribution in [-0.4, -0.2) is 25.2 Å². The molecule has 21 heavy (non-hydrogen) atoms. The van der Waals surface area contributed by atoms with Crippen LogP contribution in [0.1, 0.15) is 43.2 Å². The number of hydrogen-bond acceptors (Lipinski definition) is 3. The van der Waals surface area contributed by atoms with Crippen molar-refractivity contribution in [3.8, 4) is 0 Å². The van der Waals surface area contributed by atoms with Gasteiger partial charge in [0.25, 0.3) is 0 Å². The van der Waals surface area contributed by atoms with E-state index in [9.17, 15) is 4.79 Å². The van der Waals surface area contributed by atoms with E-state index in [1.165, 1.54) is 19.1 Å². The van der Waals surface area contributed by atoms with Gasteiger partial charge in [0.1, 0.15) is 0 Å². The number of hydrogen-bond donors (Lipinski definition) is 1. The third kappa shape index (κ3) is 2.62. The number of fused-ring (bicyclic) bond motifs is 2. The monoisotopic (exact) mass is 285 g/mol. The van der Waals surface area contributed by atoms with E-state index in [4.69, 9.17) is 4.74 Å². The van der Waals surface area contributed by atoms with Crippen LogP contribution in [-0.2, 0) is 9.53 Å². The first-order chi connectivity index (χ1) is 10.1. The van der Waals surface area contributed by atoms with Crippen LogP contribution in [0.3, 0.4) is 0 Å². The lowest BCUT2D eigenvalue weighted by molar-refractivity contribution is -0.148. The van der Waals surface area contributed by atoms with Crippen molar-refractivity contribution in [2.45, 2.75) is 44.2 Å². The van der Waals surface area contributed by atoms with E-state index in [0.29, 0.717) is 6.04 Å². The maximum Gasteiger partial charge on any atom is 0.310 e. The van der Waals surface area contributed by atoms with Gasteiger partial charge in [-0.15, -0.1) is 0 Å². The molecule has 3 rings (SSSR count). The van der Waals surface area contributed by atoms with Crippen LogP contribution in [0.2, 0.25) is 0 Å². The van der Waals surface area contributed by atoms with E-state index < -0.39 is 0 Å². The standard InChI is InChI=1S/C18H23NO2/c1-11(2)12-4-6-13(7-5-12)15-10-14-8-9-16(19-14)17(15)18(20)21-3/h4-7,14-17,19H,1,8-10H2,2-3H3/t14-,15+,16+,17-/m0/s1. The van der Waals surface area contributed by atoms with E-state index in [2.05, 4.69) is 36.2 Å². The number of carbonyl (C=O) groups excluding carboxylic acids is 1. The van der Waals surface area contributed by atoms with Crippen molar-refractivity contribution in [2.75, 3.05) is 7.11 Å². The lowest BCUT2D eigenvalue weighted by atomic mass is 9.77. The van der Waals surface area contributed by atoms with Crippen molar-refractivity contribution in [3.63, 3.8) is 0 Å². The van der Waals surface area contributed by atoms with Crippen molar-refractivity contribution in [2.24, 2.45) is 5.92 Å². The predicted octanol–water partition coefficient (Wildman–Crippen LogP) is 3.12. The van der Waals surface area contributed by atoms with Gasteiger partial charge in [0.05, 0.1) is 13.0 Å². The Kier molecular flexibility index (Phi) is 3.85. The molecular weight excluding hydrogens is 262 g/mol. The number of allylic oxidation sites excluding steroid dienone is 1. The van der Waals surface area contributed by atoms with Crippen LogP contribution in [0.4, 0.5) is 0 Å². The molecule has 112 valence electrons. The molecule has 2 aliphatic heterocycles. The zero-order chi connectivity index (χ0) is 15.0. The average molecular weight is 285 g/mol. The summed E-state index contributed by atoms with van der Waals surface area (Å²) in [5.41, 5.74) is 3.47. The molecule has 2 heterocycles. The van der Waals surface area contributed by atoms with Gasteiger partial charge >= 0.3 is 5.97 Å². The topological polar surface area (TPSA) is 38.3 Å². The SMILES string of the molecule is C=C(C)c1ccc([C@H]2C[C@@H]3CC[C@@H](N3)[C@H]2C(=O)OC)cc1. The van der Waals surface area contributed by atoms with E-state index in [1.807, 2.05) is 6.92 Å². The van der Waals surface area contributed by atoms with Crippen LogP contribution in [0, 0.1) is 5.92 Å². The van der Waals surface area contributed by atoms with Crippen molar-refractivity contribution in [1.29, 1.82) is 0 Å². The Balaban J connectivity index is 1.90. The molecule has 1 aromatic carbocycles. The summed E-state index contributed by atoms with van der Waals surface area (Å²) in [5, 5.41) is 3.57. The molecule has 0 aliphatic carbocycles. The molecule has 0 spiro atoms. The molecule has 0 amide bonds. The average Bonchev–Trinajstić information content (AvgIpc) is 2.88. The number of rotatable bonds is 3. The first kappa shape index (κ1) is 14.3. The molecule has 2 bridgehead atoms. The quantitative estimate of drug-likeness (QED) is 0.867. The van der Waals surface area contributed by atoms with Gasteiger partial charge < -0.3 is 10.1 Å². The summed E-state index contributed by atoms with van der Waals surface area (Å²) in [4.78, 5) is 12.2. The van der Waals surface area contributed by atoms with E-state index in [-0.39, 0.29) is 23.8 Å². The molecule has 0 radical (unpaired) electrons. The summed E-state index contributed by atoms with van der Waals surface area (Å²) < 4.78 is 5.06. The minimum Gasteiger partial charge on any atom is -0.469 e. The Labute approximate surface area is 126 Å². The van der Waals surface area contributed by atoms with Crippen molar-refractivity contribution in [1.82, 2.24) is 5.32 Å². The van der Waals surface area contributed by atoms with Gasteiger partial charge in [-0.1, -0.05) is 36.4 Å². The maximum absolute atomic E-state index is 12.2. The molecule has 3 nitrogen and oxygen atoms in total. The molecule has 3 heteroatoms. The molecule has 0 unspecified atom stereocenters. The fourth-order valence-corrected chi connectivity index (χ4v) is 3.88. The minimum atomic E-state index is -0.0816. The number of benzene rings is 1. The molecule has 2 saturated heterocycles. The first-order valence-corrected chi connectivity index (χ1v) is 7.70. The van der Waals surface area contributed by atoms with Crippen molar-refractivity contribution in [3.05, 3.63) is 42.0 Å². The summed E-state index contributed by atoms with van der Waals surface area (Å²) in [6, 6.07) is 9.32. The zero-order valence-corrected chi connectivity index (χ0v) is 12.8. The molecule has 2 fully saturated rings. The smallest absolute Gasteiger partial charge is 0.310 e. The second-order valence-corrected chi connectivity index (χ2v) is 6.34. The van der Waals surface area contributed by atoms with E-state index in [0.717, 1.165) is 24.0 Å². The molecule has 0 aromatic heterocycles. The van der Waals surface area contributed by atoms with Gasteiger partial charge in [0.2, 0.25) is 0 Å². The molecule has 1 N–H and O–H groups in total. The molecule has 0 saturated carbocycles. The second kappa shape index (κ2) is 5.64. The van der Waals surface area contributed by atoms with Crippen LogP contribution >= 0.6 is 0 Å². The predicted molar refractivity (Wildman–Crippen MR) is 84.0 cm³/mol. The largest absolute Gasteiger partial charge is 0.469 e. The van der Waals surface area contributed by atoms with Gasteiger partial charge in [0.15, 0.2) is 0 Å². The third-order valence-corrected chi connectivity index (χ3v) is 4.99. The van der Waals surface area contributed by atoms with Gasteiger partial charge in [0, 0.05) is 18.0 Å². The normalized spacial score (nSPS) is 31.0. The number of methoxy groups -OCH3 is 1. The van der Waals surface area contributed by atoms with Gasteiger partial charge in [-0.05, 0) is 37.3 Å². The zero-order valence-electron chi connectivity index (χ0n) is 12.8. The number of esters is 1. The van der Waals surface area contributed by atoms with Crippen LogP contribution in [0.15, 0.2) is 30.8 Å². The highest BCUT2D eigenvalue weighted by molar-refractivity contribution is 5.75. The Morgan fingerprint density at radius 3 is 2.62 bits per heavy atom. The summed E-state index contributed by atoms with van der Waals surface area (Å²) in [5.74, 6) is 0.113. The molecule has 1 aromatic rings. The van der Waals surface area contributed by atoms with Gasteiger partial charge in [-0.3, -0.25) is 4.79 Å². The highest BCUT2D eigenvalue weighted by Gasteiger charge is 2.46. The fraction of sp³-hybridized carbons (Fsp3) is 0.500. The summed E-state index contributed by atoms with van der Waals surface area (Å²) in [6.07, 6.45) is 3.26. The van der Waals surface area contributed by atoms with Gasteiger partial charge in [-0.25, -0.2) is 0 Å². The first-order valence-electron chi connectivity index (χ1n) is 7.70. The number of ether oxygens (including phenoxy) is 1. The lowest BCUT2D eigenvalue weighted by Gasteiger charge is -2.36. The van der Waals surface area contributed by atoms with E-state index in [1.54, 1.807) is 0 Å². The number of carbonyl (C=O) groups is 1. The molecular formula is C18H23NO2. The van der Waals surface area contributed by atoms with Crippen molar-refractivity contribution >= 4 is 11.5 Å². The second-order valence-electron chi connectivity index (χ2n) is 6.34. The van der Waals surface area contributed by atoms with Gasteiger partial charge in [-0.2, -0.15) is 0 Å². The summed E-state index contributed by atoms with van der Waals surface area (Å²) in [7, 11) is 1.49. The number of nitrogens with one attached hydrogen (secondary N) is 1. The van der Waals surface area contributed by atoms with Crippen molar-refractivity contribution < 1.29 is 9.53 Å². The molecule has 4 atom stereocenters. The summed E-state index contributed by atoms with van der Waals surface area (Å²) >= 11 is 0. The van der Waals surface area contributed by atoms with E-state index >= 15 is 0 Å². The maximum atomic E-state index is 12.2. The Morgan fingerprint density at radius 2 is 2.00 bits per heavy atom. The highest BCUT2D eigenvalue weighted by atomic mass is 16.5. The van der Waals surface area contributed by atoms with Crippen LogP contribution in [0.5, 0.6) is 0 Å². The Hall–Kier alpha value is -1.61. The summed E-state index contributed by atoms with van der Waals surface area (Å²) in [6.45, 7) is 5.98.